The molecule has 1 aliphatic rings. The first-order valence-corrected chi connectivity index (χ1v) is 7.43. The van der Waals surface area contributed by atoms with Crippen LogP contribution in [0.1, 0.15) is 24.2 Å². The van der Waals surface area contributed by atoms with E-state index in [1.54, 1.807) is 6.07 Å². The van der Waals surface area contributed by atoms with Gasteiger partial charge < -0.3 is 10.2 Å². The monoisotopic (exact) mass is 414 g/mol. The lowest BCUT2D eigenvalue weighted by Crippen LogP contribution is -2.55. The van der Waals surface area contributed by atoms with Crippen LogP contribution in [-0.4, -0.2) is 36.0 Å². The Labute approximate surface area is 138 Å². The second-order valence-corrected chi connectivity index (χ2v) is 6.40. The van der Waals surface area contributed by atoms with Crippen LogP contribution in [0.25, 0.3) is 0 Å². The number of rotatable bonds is 1. The lowest BCUT2D eigenvalue weighted by molar-refractivity contribution is 0.0672. The van der Waals surface area contributed by atoms with Crippen molar-refractivity contribution in [1.29, 1.82) is 0 Å². The van der Waals surface area contributed by atoms with Crippen LogP contribution in [0.2, 0.25) is 5.02 Å². The molecule has 1 N–H and O–H groups in total. The molecule has 6 heteroatoms. The van der Waals surface area contributed by atoms with E-state index in [2.05, 4.69) is 41.8 Å². The van der Waals surface area contributed by atoms with Crippen molar-refractivity contribution >= 4 is 52.5 Å². The zero-order chi connectivity index (χ0) is 13.3. The maximum Gasteiger partial charge on any atom is 0.255 e. The predicted molar refractivity (Wildman–Crippen MR) is 89.4 cm³/mol. The molecular weight excluding hydrogens is 398 g/mol. The minimum Gasteiger partial charge on any atom is -0.336 e. The van der Waals surface area contributed by atoms with E-state index in [9.17, 15) is 4.79 Å². The van der Waals surface area contributed by atoms with Gasteiger partial charge in [-0.25, -0.2) is 0 Å². The molecule has 1 heterocycles. The van der Waals surface area contributed by atoms with Gasteiger partial charge >= 0.3 is 0 Å². The van der Waals surface area contributed by atoms with Crippen LogP contribution in [0.3, 0.4) is 0 Å². The van der Waals surface area contributed by atoms with Gasteiger partial charge in [-0.3, -0.25) is 4.79 Å². The highest BCUT2D eigenvalue weighted by atomic mass is 127. The molecule has 1 saturated heterocycles. The quantitative estimate of drug-likeness (QED) is 0.715. The lowest BCUT2D eigenvalue weighted by atomic mass is 10.1. The first-order valence-electron chi connectivity index (χ1n) is 5.97. The summed E-state index contributed by atoms with van der Waals surface area (Å²) in [6.45, 7) is 5.68. The van der Waals surface area contributed by atoms with E-state index in [1.807, 2.05) is 17.0 Å². The van der Waals surface area contributed by atoms with Crippen LogP contribution in [0.4, 0.5) is 0 Å². The highest BCUT2D eigenvalue weighted by Crippen LogP contribution is 2.20. The Bertz CT molecular complexity index is 460. The third-order valence-electron chi connectivity index (χ3n) is 3.00. The highest BCUT2D eigenvalue weighted by Gasteiger charge is 2.26. The van der Waals surface area contributed by atoms with Crippen LogP contribution in [0.5, 0.6) is 0 Å². The lowest BCUT2D eigenvalue weighted by Gasteiger charge is -2.36. The second-order valence-electron chi connectivity index (χ2n) is 4.80. The molecule has 2 unspecified atom stereocenters. The summed E-state index contributed by atoms with van der Waals surface area (Å²) in [5, 5.41) is 4.03. The van der Waals surface area contributed by atoms with E-state index < -0.39 is 0 Å². The van der Waals surface area contributed by atoms with Crippen LogP contribution in [0.15, 0.2) is 18.2 Å². The maximum atomic E-state index is 12.5. The molecule has 1 aromatic rings. The number of hydrogen-bond acceptors (Lipinski definition) is 2. The summed E-state index contributed by atoms with van der Waals surface area (Å²) in [7, 11) is 0. The Kier molecular flexibility index (Phi) is 6.36. The molecule has 2 atom stereocenters. The van der Waals surface area contributed by atoms with Crippen molar-refractivity contribution in [2.45, 2.75) is 25.9 Å². The second kappa shape index (κ2) is 7.11. The summed E-state index contributed by atoms with van der Waals surface area (Å²) in [6, 6.07) is 6.10. The molecule has 2 rings (SSSR count). The van der Waals surface area contributed by atoms with E-state index in [-0.39, 0.29) is 18.3 Å². The summed E-state index contributed by atoms with van der Waals surface area (Å²) in [6.07, 6.45) is 0. The van der Waals surface area contributed by atoms with Gasteiger partial charge in [0.25, 0.3) is 5.91 Å². The van der Waals surface area contributed by atoms with E-state index in [0.29, 0.717) is 22.7 Å². The first kappa shape index (κ1) is 17.0. The SMILES string of the molecule is CC1CN(C(=O)c2cc(Cl)ccc2I)CC(C)N1.Cl. The van der Waals surface area contributed by atoms with Gasteiger partial charge in [0.15, 0.2) is 0 Å². The third-order valence-corrected chi connectivity index (χ3v) is 4.18. The van der Waals surface area contributed by atoms with Crippen molar-refractivity contribution < 1.29 is 4.79 Å². The molecule has 1 fully saturated rings. The fraction of sp³-hybridized carbons (Fsp3) is 0.462. The number of nitrogens with one attached hydrogen (secondary N) is 1. The van der Waals surface area contributed by atoms with Crippen LogP contribution < -0.4 is 5.32 Å². The Morgan fingerprint density at radius 1 is 1.37 bits per heavy atom. The van der Waals surface area contributed by atoms with Crippen molar-refractivity contribution in [3.63, 3.8) is 0 Å². The summed E-state index contributed by atoms with van der Waals surface area (Å²) in [5.74, 6) is 0.0714. The van der Waals surface area contributed by atoms with Crippen LogP contribution in [-0.2, 0) is 0 Å². The number of carbonyl (C=O) groups is 1. The Morgan fingerprint density at radius 3 is 2.53 bits per heavy atom. The van der Waals surface area contributed by atoms with Crippen LogP contribution in [0, 0.1) is 3.57 Å². The summed E-state index contributed by atoms with van der Waals surface area (Å²) >= 11 is 8.15. The Balaban J connectivity index is 0.00000180. The number of halogens is 3. The molecule has 0 saturated carbocycles. The first-order chi connectivity index (χ1) is 8.47. The van der Waals surface area contributed by atoms with Gasteiger partial charge in [-0.2, -0.15) is 0 Å². The molecule has 0 radical (unpaired) electrons. The van der Waals surface area contributed by atoms with E-state index in [0.717, 1.165) is 16.7 Å². The van der Waals surface area contributed by atoms with E-state index in [1.165, 1.54) is 0 Å². The number of amides is 1. The van der Waals surface area contributed by atoms with Gasteiger partial charge in [0.05, 0.1) is 5.56 Å². The average Bonchev–Trinajstić information content (AvgIpc) is 2.30. The topological polar surface area (TPSA) is 32.3 Å². The summed E-state index contributed by atoms with van der Waals surface area (Å²) in [5.41, 5.74) is 0.699. The number of carbonyl (C=O) groups excluding carboxylic acids is 1. The summed E-state index contributed by atoms with van der Waals surface area (Å²) in [4.78, 5) is 14.4. The van der Waals surface area contributed by atoms with Crippen molar-refractivity contribution in [3.05, 3.63) is 32.4 Å². The van der Waals surface area contributed by atoms with Gasteiger partial charge in [-0.1, -0.05) is 11.6 Å². The third kappa shape index (κ3) is 4.21. The Morgan fingerprint density at radius 2 is 1.95 bits per heavy atom. The average molecular weight is 415 g/mol. The maximum absolute atomic E-state index is 12.5. The van der Waals surface area contributed by atoms with Gasteiger partial charge in [0.1, 0.15) is 0 Å². The van der Waals surface area contributed by atoms with Gasteiger partial charge in [0, 0.05) is 33.8 Å². The molecule has 1 aromatic carbocycles. The van der Waals surface area contributed by atoms with Gasteiger partial charge in [-0.05, 0) is 54.6 Å². The molecule has 0 aromatic heterocycles. The van der Waals surface area contributed by atoms with E-state index in [4.69, 9.17) is 11.6 Å². The van der Waals surface area contributed by atoms with Crippen LogP contribution >= 0.6 is 46.6 Å². The number of nitrogens with zero attached hydrogens (tertiary/aromatic N) is 1. The zero-order valence-corrected chi connectivity index (χ0v) is 14.6. The molecule has 19 heavy (non-hydrogen) atoms. The largest absolute Gasteiger partial charge is 0.336 e. The molecule has 106 valence electrons. The number of piperazine rings is 1. The normalized spacial score (nSPS) is 22.8. The van der Waals surface area contributed by atoms with Crippen molar-refractivity contribution in [2.75, 3.05) is 13.1 Å². The zero-order valence-electron chi connectivity index (χ0n) is 10.8. The van der Waals surface area contributed by atoms with Gasteiger partial charge in [0.2, 0.25) is 0 Å². The molecule has 1 amide bonds. The molecule has 1 aliphatic heterocycles. The minimum absolute atomic E-state index is 0. The molecule has 0 spiro atoms. The minimum atomic E-state index is 0. The highest BCUT2D eigenvalue weighted by molar-refractivity contribution is 14.1. The predicted octanol–water partition coefficient (Wildman–Crippen LogP) is 3.19. The molecule has 0 aliphatic carbocycles. The summed E-state index contributed by atoms with van der Waals surface area (Å²) < 4.78 is 0.945. The fourth-order valence-corrected chi connectivity index (χ4v) is 3.06. The fourth-order valence-electron chi connectivity index (χ4n) is 2.32. The Hall–Kier alpha value is -0.0400. The molecule has 3 nitrogen and oxygen atoms in total. The molecular formula is C13H17Cl2IN2O. The van der Waals surface area contributed by atoms with Gasteiger partial charge in [-0.15, -0.1) is 12.4 Å². The van der Waals surface area contributed by atoms with Crippen molar-refractivity contribution in [2.24, 2.45) is 0 Å². The van der Waals surface area contributed by atoms with E-state index >= 15 is 0 Å². The molecule has 0 bridgehead atoms. The number of hydrogen-bond donors (Lipinski definition) is 1. The van der Waals surface area contributed by atoms with Crippen molar-refractivity contribution in [3.8, 4) is 0 Å². The standard InChI is InChI=1S/C13H16ClIN2O.ClH/c1-8-6-17(7-9(2)16-8)13(18)11-5-10(14)3-4-12(11)15;/h3-5,8-9,16H,6-7H2,1-2H3;1H. The smallest absolute Gasteiger partial charge is 0.255 e. The van der Waals surface area contributed by atoms with Crippen molar-refractivity contribution in [1.82, 2.24) is 10.2 Å². The number of benzene rings is 1.